The highest BCUT2D eigenvalue weighted by Gasteiger charge is 2.29. The van der Waals surface area contributed by atoms with E-state index in [9.17, 15) is 18.5 Å². The van der Waals surface area contributed by atoms with Gasteiger partial charge in [0, 0.05) is 19.2 Å². The predicted molar refractivity (Wildman–Crippen MR) is 98.2 cm³/mol. The van der Waals surface area contributed by atoms with Crippen molar-refractivity contribution in [3.05, 3.63) is 63.7 Å². The quantitative estimate of drug-likeness (QED) is 0.553. The molecule has 0 saturated carbocycles. The van der Waals surface area contributed by atoms with Gasteiger partial charge in [0.25, 0.3) is 0 Å². The molecule has 1 saturated heterocycles. The molecule has 2 aromatic rings. The molecule has 3 rings (SSSR count). The molecule has 27 heavy (non-hydrogen) atoms. The van der Waals surface area contributed by atoms with Crippen LogP contribution in [0.2, 0.25) is 0 Å². The van der Waals surface area contributed by atoms with Crippen molar-refractivity contribution in [3.8, 4) is 5.75 Å². The normalized spacial score (nSPS) is 15.4. The summed E-state index contributed by atoms with van der Waals surface area (Å²) in [5, 5.41) is 11.4. The van der Waals surface area contributed by atoms with E-state index >= 15 is 0 Å². The molecule has 0 spiro atoms. The van der Waals surface area contributed by atoms with Gasteiger partial charge in [-0.15, -0.1) is 0 Å². The summed E-state index contributed by atoms with van der Waals surface area (Å²) in [5.41, 5.74) is 1.58. The molecule has 0 amide bonds. The lowest BCUT2D eigenvalue weighted by molar-refractivity contribution is -0.386. The van der Waals surface area contributed by atoms with Gasteiger partial charge in [0.15, 0.2) is 5.75 Å². The van der Waals surface area contributed by atoms with E-state index in [1.54, 1.807) is 0 Å². The SMILES string of the molecule is Cc1ccc(COc2ccc(S(=O)(=O)N3CCOCC3)cc2[N+](=O)[O-])cc1. The molecule has 2 aromatic carbocycles. The van der Waals surface area contributed by atoms with Crippen molar-refractivity contribution in [1.82, 2.24) is 4.31 Å². The van der Waals surface area contributed by atoms with Crippen LogP contribution in [0, 0.1) is 17.0 Å². The van der Waals surface area contributed by atoms with E-state index in [2.05, 4.69) is 0 Å². The smallest absolute Gasteiger partial charge is 0.312 e. The van der Waals surface area contributed by atoms with Gasteiger partial charge < -0.3 is 9.47 Å². The lowest BCUT2D eigenvalue weighted by atomic mass is 10.2. The Kier molecular flexibility index (Phi) is 5.73. The number of sulfonamides is 1. The molecular formula is C18H20N2O6S. The van der Waals surface area contributed by atoms with E-state index in [0.29, 0.717) is 13.2 Å². The van der Waals surface area contributed by atoms with Gasteiger partial charge >= 0.3 is 5.69 Å². The number of ether oxygens (including phenoxy) is 2. The van der Waals surface area contributed by atoms with Crippen molar-refractivity contribution >= 4 is 15.7 Å². The third-order valence-electron chi connectivity index (χ3n) is 4.25. The zero-order valence-corrected chi connectivity index (χ0v) is 15.6. The third kappa shape index (κ3) is 4.44. The van der Waals surface area contributed by atoms with E-state index in [-0.39, 0.29) is 36.0 Å². The van der Waals surface area contributed by atoms with Crippen LogP contribution < -0.4 is 4.74 Å². The van der Waals surface area contributed by atoms with Crippen LogP contribution in [0.5, 0.6) is 5.75 Å². The molecule has 9 heteroatoms. The minimum absolute atomic E-state index is 0.0292. The summed E-state index contributed by atoms with van der Waals surface area (Å²) >= 11 is 0. The van der Waals surface area contributed by atoms with Crippen molar-refractivity contribution in [1.29, 1.82) is 0 Å². The average molecular weight is 392 g/mol. The highest BCUT2D eigenvalue weighted by atomic mass is 32.2. The number of hydrogen-bond donors (Lipinski definition) is 0. The summed E-state index contributed by atoms with van der Waals surface area (Å²) in [6.45, 7) is 3.17. The first-order valence-corrected chi connectivity index (χ1v) is 9.86. The van der Waals surface area contributed by atoms with Crippen LogP contribution in [-0.2, 0) is 21.4 Å². The second-order valence-corrected chi connectivity index (χ2v) is 8.12. The lowest BCUT2D eigenvalue weighted by Gasteiger charge is -2.26. The summed E-state index contributed by atoms with van der Waals surface area (Å²) in [4.78, 5) is 10.7. The summed E-state index contributed by atoms with van der Waals surface area (Å²) in [6.07, 6.45) is 0. The van der Waals surface area contributed by atoms with Gasteiger partial charge in [0.05, 0.1) is 23.0 Å². The maximum Gasteiger partial charge on any atom is 0.312 e. The summed E-state index contributed by atoms with van der Waals surface area (Å²) in [6, 6.07) is 11.3. The number of nitrogens with zero attached hydrogens (tertiary/aromatic N) is 2. The van der Waals surface area contributed by atoms with Crippen LogP contribution in [0.25, 0.3) is 0 Å². The fourth-order valence-corrected chi connectivity index (χ4v) is 4.13. The maximum atomic E-state index is 12.7. The molecule has 0 atom stereocenters. The summed E-state index contributed by atoms with van der Waals surface area (Å²) in [5.74, 6) is 0.0292. The van der Waals surface area contributed by atoms with Gasteiger partial charge in [-0.3, -0.25) is 10.1 Å². The average Bonchev–Trinajstić information content (AvgIpc) is 2.68. The fourth-order valence-electron chi connectivity index (χ4n) is 2.70. The van der Waals surface area contributed by atoms with Crippen LogP contribution in [-0.4, -0.2) is 43.9 Å². The molecule has 0 radical (unpaired) electrons. The van der Waals surface area contributed by atoms with Crippen molar-refractivity contribution < 1.29 is 22.8 Å². The number of nitro groups is 1. The monoisotopic (exact) mass is 392 g/mol. The Morgan fingerprint density at radius 1 is 1.15 bits per heavy atom. The van der Waals surface area contributed by atoms with E-state index in [0.717, 1.165) is 17.2 Å². The summed E-state index contributed by atoms with van der Waals surface area (Å²) < 4.78 is 37.4. The number of aryl methyl sites for hydroxylation is 1. The van der Waals surface area contributed by atoms with Crippen molar-refractivity contribution in [2.45, 2.75) is 18.4 Å². The number of nitro benzene ring substituents is 1. The van der Waals surface area contributed by atoms with Gasteiger partial charge in [-0.05, 0) is 24.6 Å². The molecule has 8 nitrogen and oxygen atoms in total. The Labute approximate surface area is 157 Å². The largest absolute Gasteiger partial charge is 0.482 e. The van der Waals surface area contributed by atoms with E-state index in [4.69, 9.17) is 9.47 Å². The van der Waals surface area contributed by atoms with Crippen molar-refractivity contribution in [2.75, 3.05) is 26.3 Å². The van der Waals surface area contributed by atoms with Crippen LogP contribution in [0.1, 0.15) is 11.1 Å². The molecule has 144 valence electrons. The van der Waals surface area contributed by atoms with Crippen LogP contribution in [0.4, 0.5) is 5.69 Å². The Morgan fingerprint density at radius 3 is 2.44 bits per heavy atom. The molecule has 0 unspecified atom stereocenters. The second-order valence-electron chi connectivity index (χ2n) is 6.18. The number of hydrogen-bond acceptors (Lipinski definition) is 6. The first-order chi connectivity index (χ1) is 12.9. The Bertz CT molecular complexity index is 921. The topological polar surface area (TPSA) is 99.0 Å². The molecule has 0 aliphatic carbocycles. The number of rotatable bonds is 6. The first-order valence-electron chi connectivity index (χ1n) is 8.42. The number of morpholine rings is 1. The van der Waals surface area contributed by atoms with Gasteiger partial charge in [0.1, 0.15) is 6.61 Å². The zero-order valence-electron chi connectivity index (χ0n) is 14.8. The van der Waals surface area contributed by atoms with Crippen LogP contribution >= 0.6 is 0 Å². The molecule has 0 aromatic heterocycles. The Morgan fingerprint density at radius 2 is 1.81 bits per heavy atom. The maximum absolute atomic E-state index is 12.7. The van der Waals surface area contributed by atoms with Crippen molar-refractivity contribution in [3.63, 3.8) is 0 Å². The Hall–Kier alpha value is -2.49. The van der Waals surface area contributed by atoms with Crippen molar-refractivity contribution in [2.24, 2.45) is 0 Å². The number of benzene rings is 2. The molecule has 1 heterocycles. The molecule has 0 bridgehead atoms. The molecule has 1 aliphatic heterocycles. The zero-order chi connectivity index (χ0) is 19.4. The third-order valence-corrected chi connectivity index (χ3v) is 6.14. The summed E-state index contributed by atoms with van der Waals surface area (Å²) in [7, 11) is -3.81. The standard InChI is InChI=1S/C18H20N2O6S/c1-14-2-4-15(5-3-14)13-26-18-7-6-16(12-17(18)20(21)22)27(23,24)19-8-10-25-11-9-19/h2-7,12H,8-11,13H2,1H3. The van der Waals surface area contributed by atoms with E-state index in [1.807, 2.05) is 31.2 Å². The van der Waals surface area contributed by atoms with Gasteiger partial charge in [-0.1, -0.05) is 29.8 Å². The second kappa shape index (κ2) is 8.03. The van der Waals surface area contributed by atoms with Gasteiger partial charge in [-0.2, -0.15) is 4.31 Å². The lowest BCUT2D eigenvalue weighted by Crippen LogP contribution is -2.40. The van der Waals surface area contributed by atoms with E-state index < -0.39 is 14.9 Å². The minimum Gasteiger partial charge on any atom is -0.482 e. The first kappa shape index (κ1) is 19.3. The minimum atomic E-state index is -3.81. The predicted octanol–water partition coefficient (Wildman–Crippen LogP) is 2.50. The molecular weight excluding hydrogens is 372 g/mol. The fraction of sp³-hybridized carbons (Fsp3) is 0.333. The van der Waals surface area contributed by atoms with Crippen LogP contribution in [0.15, 0.2) is 47.4 Å². The molecule has 1 aliphatic rings. The van der Waals surface area contributed by atoms with Gasteiger partial charge in [-0.25, -0.2) is 8.42 Å². The highest BCUT2D eigenvalue weighted by Crippen LogP contribution is 2.31. The van der Waals surface area contributed by atoms with Gasteiger partial charge in [0.2, 0.25) is 10.0 Å². The molecule has 0 N–H and O–H groups in total. The Balaban J connectivity index is 1.84. The molecule has 1 fully saturated rings. The van der Waals surface area contributed by atoms with Crippen LogP contribution in [0.3, 0.4) is 0 Å². The van der Waals surface area contributed by atoms with E-state index in [1.165, 1.54) is 16.4 Å². The highest BCUT2D eigenvalue weighted by molar-refractivity contribution is 7.89.